The molecule has 0 aliphatic rings. The van der Waals surface area contributed by atoms with E-state index in [9.17, 15) is 13.6 Å². The van der Waals surface area contributed by atoms with Crippen LogP contribution < -0.4 is 4.74 Å². The normalized spacial score (nSPS) is 10.4. The lowest BCUT2D eigenvalue weighted by Crippen LogP contribution is -2.00. The van der Waals surface area contributed by atoms with Gasteiger partial charge in [0.15, 0.2) is 5.78 Å². The van der Waals surface area contributed by atoms with Gasteiger partial charge in [0.1, 0.15) is 17.4 Å². The predicted molar refractivity (Wildman–Crippen MR) is 73.5 cm³/mol. The zero-order valence-electron chi connectivity index (χ0n) is 10.9. The Bertz CT molecular complexity index is 656. The number of halogens is 2. The molecule has 20 heavy (non-hydrogen) atoms. The summed E-state index contributed by atoms with van der Waals surface area (Å²) >= 11 is 1.06. The smallest absolute Gasteiger partial charge is 0.164 e. The molecule has 2 aromatic rings. The van der Waals surface area contributed by atoms with Crippen LogP contribution in [0.2, 0.25) is 0 Å². The summed E-state index contributed by atoms with van der Waals surface area (Å²) in [6, 6.07) is 8.43. The topological polar surface area (TPSA) is 26.3 Å². The summed E-state index contributed by atoms with van der Waals surface area (Å²) in [5.74, 6) is -1.03. The third-order valence-electron chi connectivity index (χ3n) is 2.67. The van der Waals surface area contributed by atoms with Crippen molar-refractivity contribution in [2.75, 3.05) is 7.11 Å². The van der Waals surface area contributed by atoms with Crippen molar-refractivity contribution >= 4 is 17.5 Å². The third kappa shape index (κ3) is 2.99. The number of ketones is 1. The molecular formula is C15H12F2O2S. The second-order valence-corrected chi connectivity index (χ2v) is 5.15. The van der Waals surface area contributed by atoms with Gasteiger partial charge in [-0.1, -0.05) is 17.8 Å². The molecule has 0 atom stereocenters. The van der Waals surface area contributed by atoms with Crippen molar-refractivity contribution in [3.63, 3.8) is 0 Å². The Hall–Kier alpha value is -1.88. The molecule has 0 unspecified atom stereocenters. The lowest BCUT2D eigenvalue weighted by Gasteiger charge is -2.11. The van der Waals surface area contributed by atoms with Gasteiger partial charge in [0.2, 0.25) is 0 Å². The molecule has 2 rings (SSSR count). The molecule has 2 aromatic carbocycles. The molecule has 0 aliphatic carbocycles. The zero-order valence-corrected chi connectivity index (χ0v) is 11.8. The highest BCUT2D eigenvalue weighted by atomic mass is 32.2. The minimum atomic E-state index is -0.660. The lowest BCUT2D eigenvalue weighted by molar-refractivity contribution is 0.101. The summed E-state index contributed by atoms with van der Waals surface area (Å²) in [5.41, 5.74) is 0.392. The van der Waals surface area contributed by atoms with Crippen LogP contribution in [0.3, 0.4) is 0 Å². The van der Waals surface area contributed by atoms with Gasteiger partial charge in [-0.3, -0.25) is 4.79 Å². The highest BCUT2D eigenvalue weighted by molar-refractivity contribution is 7.99. The molecule has 0 saturated carbocycles. The number of carbonyl (C=O) groups excluding carboxylic acids is 1. The maximum atomic E-state index is 13.7. The standard InChI is InChI=1S/C15H12F2O2S/c1-9(18)15-12(19-2)4-3-5-14(15)20-13-7-6-10(16)8-11(13)17/h3-8H,1-2H3. The van der Waals surface area contributed by atoms with E-state index in [1.165, 1.54) is 26.2 Å². The summed E-state index contributed by atoms with van der Waals surface area (Å²) in [5, 5.41) is 0. The van der Waals surface area contributed by atoms with E-state index >= 15 is 0 Å². The Morgan fingerprint density at radius 1 is 1.15 bits per heavy atom. The Morgan fingerprint density at radius 2 is 1.90 bits per heavy atom. The SMILES string of the molecule is COc1cccc(Sc2ccc(F)cc2F)c1C(C)=O. The Labute approximate surface area is 119 Å². The van der Waals surface area contributed by atoms with E-state index in [2.05, 4.69) is 0 Å². The maximum Gasteiger partial charge on any atom is 0.164 e. The number of methoxy groups -OCH3 is 1. The molecule has 0 aliphatic heterocycles. The molecule has 0 bridgehead atoms. The van der Waals surface area contributed by atoms with E-state index in [0.29, 0.717) is 16.2 Å². The minimum absolute atomic E-state index is 0.174. The van der Waals surface area contributed by atoms with Crippen LogP contribution in [0.15, 0.2) is 46.2 Å². The van der Waals surface area contributed by atoms with Gasteiger partial charge in [0.05, 0.1) is 12.7 Å². The second kappa shape index (κ2) is 6.05. The lowest BCUT2D eigenvalue weighted by atomic mass is 10.1. The van der Waals surface area contributed by atoms with Crippen LogP contribution in [0.1, 0.15) is 17.3 Å². The van der Waals surface area contributed by atoms with Crippen molar-refractivity contribution in [2.24, 2.45) is 0 Å². The Morgan fingerprint density at radius 3 is 2.50 bits per heavy atom. The fourth-order valence-corrected chi connectivity index (χ4v) is 2.81. The average molecular weight is 294 g/mol. The summed E-state index contributed by atoms with van der Waals surface area (Å²) < 4.78 is 31.7. The van der Waals surface area contributed by atoms with E-state index in [-0.39, 0.29) is 10.7 Å². The van der Waals surface area contributed by atoms with Gasteiger partial charge < -0.3 is 4.74 Å². The summed E-state index contributed by atoms with van der Waals surface area (Å²) in [6.07, 6.45) is 0. The van der Waals surface area contributed by atoms with E-state index in [1.54, 1.807) is 18.2 Å². The first-order valence-corrected chi connectivity index (χ1v) is 6.65. The molecule has 0 N–H and O–H groups in total. The summed E-state index contributed by atoms with van der Waals surface area (Å²) in [6.45, 7) is 1.42. The molecule has 2 nitrogen and oxygen atoms in total. The maximum absolute atomic E-state index is 13.7. The number of hydrogen-bond acceptors (Lipinski definition) is 3. The van der Waals surface area contributed by atoms with Crippen molar-refractivity contribution in [1.29, 1.82) is 0 Å². The van der Waals surface area contributed by atoms with Crippen LogP contribution in [0.25, 0.3) is 0 Å². The van der Waals surface area contributed by atoms with Crippen LogP contribution in [0, 0.1) is 11.6 Å². The summed E-state index contributed by atoms with van der Waals surface area (Å²) in [4.78, 5) is 12.6. The molecule has 0 fully saturated rings. The first kappa shape index (κ1) is 14.5. The van der Waals surface area contributed by atoms with Gasteiger partial charge >= 0.3 is 0 Å². The quantitative estimate of drug-likeness (QED) is 0.785. The van der Waals surface area contributed by atoms with Crippen molar-refractivity contribution in [1.82, 2.24) is 0 Å². The van der Waals surface area contributed by atoms with Crippen LogP contribution in [-0.4, -0.2) is 12.9 Å². The molecular weight excluding hydrogens is 282 g/mol. The minimum Gasteiger partial charge on any atom is -0.496 e. The highest BCUT2D eigenvalue weighted by Gasteiger charge is 2.16. The monoisotopic (exact) mass is 294 g/mol. The average Bonchev–Trinajstić information content (AvgIpc) is 2.41. The molecule has 0 amide bonds. The van der Waals surface area contributed by atoms with E-state index in [0.717, 1.165) is 17.8 Å². The van der Waals surface area contributed by atoms with Crippen molar-refractivity contribution < 1.29 is 18.3 Å². The van der Waals surface area contributed by atoms with Crippen LogP contribution in [0.5, 0.6) is 5.75 Å². The van der Waals surface area contributed by atoms with Crippen LogP contribution in [0.4, 0.5) is 8.78 Å². The van der Waals surface area contributed by atoms with E-state index in [1.807, 2.05) is 0 Å². The van der Waals surface area contributed by atoms with Gasteiger partial charge in [-0.2, -0.15) is 0 Å². The first-order chi connectivity index (χ1) is 9.52. The molecule has 0 saturated heterocycles. The zero-order chi connectivity index (χ0) is 14.7. The van der Waals surface area contributed by atoms with Gasteiger partial charge in [0, 0.05) is 15.9 Å². The number of hydrogen-bond donors (Lipinski definition) is 0. The largest absolute Gasteiger partial charge is 0.496 e. The molecule has 5 heteroatoms. The third-order valence-corrected chi connectivity index (χ3v) is 3.78. The van der Waals surface area contributed by atoms with Gasteiger partial charge in [0.25, 0.3) is 0 Å². The predicted octanol–water partition coefficient (Wildman–Crippen LogP) is 4.33. The van der Waals surface area contributed by atoms with Crippen LogP contribution in [-0.2, 0) is 0 Å². The molecule has 0 heterocycles. The Kier molecular flexibility index (Phi) is 4.39. The number of rotatable bonds is 4. The van der Waals surface area contributed by atoms with Gasteiger partial charge in [-0.15, -0.1) is 0 Å². The van der Waals surface area contributed by atoms with Crippen molar-refractivity contribution in [2.45, 2.75) is 16.7 Å². The number of Topliss-reactive ketones (excluding diaryl/α,β-unsaturated/α-hetero) is 1. The fraction of sp³-hybridized carbons (Fsp3) is 0.133. The highest BCUT2D eigenvalue weighted by Crippen LogP contribution is 2.36. The molecule has 0 aromatic heterocycles. The van der Waals surface area contributed by atoms with Gasteiger partial charge in [-0.25, -0.2) is 8.78 Å². The van der Waals surface area contributed by atoms with Gasteiger partial charge in [-0.05, 0) is 31.2 Å². The van der Waals surface area contributed by atoms with E-state index in [4.69, 9.17) is 4.74 Å². The van der Waals surface area contributed by atoms with Crippen molar-refractivity contribution in [3.05, 3.63) is 53.6 Å². The Balaban J connectivity index is 2.45. The number of ether oxygens (including phenoxy) is 1. The first-order valence-electron chi connectivity index (χ1n) is 5.83. The summed E-state index contributed by atoms with van der Waals surface area (Å²) in [7, 11) is 1.47. The van der Waals surface area contributed by atoms with Crippen LogP contribution >= 0.6 is 11.8 Å². The second-order valence-electron chi connectivity index (χ2n) is 4.07. The fourth-order valence-electron chi connectivity index (χ4n) is 1.79. The molecule has 0 radical (unpaired) electrons. The number of benzene rings is 2. The molecule has 104 valence electrons. The molecule has 0 spiro atoms. The van der Waals surface area contributed by atoms with Crippen molar-refractivity contribution in [3.8, 4) is 5.75 Å². The van der Waals surface area contributed by atoms with E-state index < -0.39 is 11.6 Å². The number of carbonyl (C=O) groups is 1.